The third kappa shape index (κ3) is 8.70. The average Bonchev–Trinajstić information content (AvgIpc) is 2.86. The van der Waals surface area contributed by atoms with Gasteiger partial charge in [0.15, 0.2) is 17.5 Å². The molecule has 11 heteroatoms. The Labute approximate surface area is 204 Å². The van der Waals surface area contributed by atoms with Gasteiger partial charge in [0, 0.05) is 0 Å². The summed E-state index contributed by atoms with van der Waals surface area (Å²) in [6.45, 7) is 0.668. The lowest BCUT2D eigenvalue weighted by Gasteiger charge is -2.05. The first-order chi connectivity index (χ1) is 16.9. The number of ether oxygens (including phenoxy) is 2. The van der Waals surface area contributed by atoms with Gasteiger partial charge >= 0.3 is 12.0 Å². The number of aromatic nitrogens is 4. The predicted octanol–water partition coefficient (Wildman–Crippen LogP) is 4.66. The first-order valence-corrected chi connectivity index (χ1v) is 12.3. The maximum atomic E-state index is 13.4. The van der Waals surface area contributed by atoms with Crippen molar-refractivity contribution in [3.05, 3.63) is 95.8 Å². The molecule has 2 heterocycles. The van der Waals surface area contributed by atoms with Crippen LogP contribution in [-0.2, 0) is 23.9 Å². The van der Waals surface area contributed by atoms with Crippen LogP contribution < -0.4 is 15.2 Å². The molecule has 0 aliphatic rings. The number of anilines is 1. The van der Waals surface area contributed by atoms with E-state index in [1.54, 1.807) is 0 Å². The summed E-state index contributed by atoms with van der Waals surface area (Å²) in [5, 5.41) is 0. The molecule has 0 aliphatic carbocycles. The molecule has 35 heavy (non-hydrogen) atoms. The highest BCUT2D eigenvalue weighted by Crippen LogP contribution is 2.18. The smallest absolute Gasteiger partial charge is 0.318 e. The molecule has 0 unspecified atom stereocenters. The monoisotopic (exact) mass is 498 g/mol. The van der Waals surface area contributed by atoms with E-state index >= 15 is 0 Å². The SMILES string of the molecule is CS(C)=Nc1nc(OCc2ccccc2)ncc1F.Nc1nc(OCc2ccccc2)ncc1F. The van der Waals surface area contributed by atoms with Crippen molar-refractivity contribution in [2.75, 3.05) is 18.2 Å². The summed E-state index contributed by atoms with van der Waals surface area (Å²) >= 11 is 0. The Hall–Kier alpha value is -3.99. The molecular formula is C24H24F2N6O2S. The Morgan fingerprint density at radius 3 is 1.74 bits per heavy atom. The summed E-state index contributed by atoms with van der Waals surface area (Å²) in [5.41, 5.74) is 7.26. The molecule has 0 fully saturated rings. The highest BCUT2D eigenvalue weighted by Gasteiger charge is 2.07. The fraction of sp³-hybridized carbons (Fsp3) is 0.167. The van der Waals surface area contributed by atoms with Crippen LogP contribution in [0.2, 0.25) is 0 Å². The zero-order chi connectivity index (χ0) is 25.0. The number of nitrogens with zero attached hydrogens (tertiary/aromatic N) is 5. The third-order valence-corrected chi connectivity index (χ3v) is 4.68. The third-order valence-electron chi connectivity index (χ3n) is 4.14. The minimum absolute atomic E-state index is 0.0476. The number of halogens is 2. The summed E-state index contributed by atoms with van der Waals surface area (Å²) in [5.74, 6) is -1.34. The lowest BCUT2D eigenvalue weighted by Crippen LogP contribution is -2.03. The standard InChI is InChI=1S/C13H14FN3OS.C11H10FN3O/c1-19(2)17-12-11(14)8-15-13(16-12)18-9-10-6-4-3-5-7-10;12-9-6-14-11(15-10(9)13)16-7-8-4-2-1-3-5-8/h3-8H,9H2,1-2H3;1-6H,7H2,(H2,13,14,15). The molecule has 182 valence electrons. The highest BCUT2D eigenvalue weighted by molar-refractivity contribution is 7.85. The van der Waals surface area contributed by atoms with Gasteiger partial charge < -0.3 is 15.2 Å². The molecule has 2 aromatic heterocycles. The van der Waals surface area contributed by atoms with E-state index in [1.807, 2.05) is 73.2 Å². The van der Waals surface area contributed by atoms with Crippen LogP contribution >= 0.6 is 0 Å². The Balaban J connectivity index is 0.000000198. The maximum absolute atomic E-state index is 13.4. The fourth-order valence-electron chi connectivity index (χ4n) is 2.53. The number of hydrogen-bond donors (Lipinski definition) is 1. The fourth-order valence-corrected chi connectivity index (χ4v) is 3.00. The molecule has 4 aromatic rings. The van der Waals surface area contributed by atoms with Crippen molar-refractivity contribution >= 4 is 22.3 Å². The summed E-state index contributed by atoms with van der Waals surface area (Å²) < 4.78 is 41.0. The second-order valence-electron chi connectivity index (χ2n) is 7.12. The van der Waals surface area contributed by atoms with E-state index in [2.05, 4.69) is 24.3 Å². The second-order valence-corrected chi connectivity index (χ2v) is 8.85. The zero-order valence-electron chi connectivity index (χ0n) is 19.1. The van der Waals surface area contributed by atoms with Crippen LogP contribution in [0.5, 0.6) is 12.0 Å². The first-order valence-electron chi connectivity index (χ1n) is 10.3. The number of nitrogen functional groups attached to an aromatic ring is 1. The Morgan fingerprint density at radius 1 is 0.771 bits per heavy atom. The second kappa shape index (κ2) is 13.0. The summed E-state index contributed by atoms with van der Waals surface area (Å²) in [4.78, 5) is 15.1. The molecule has 0 atom stereocenters. The molecule has 0 saturated heterocycles. The van der Waals surface area contributed by atoms with Crippen LogP contribution in [0.4, 0.5) is 20.4 Å². The molecule has 2 aromatic carbocycles. The van der Waals surface area contributed by atoms with Crippen molar-refractivity contribution in [2.24, 2.45) is 4.36 Å². The van der Waals surface area contributed by atoms with Crippen LogP contribution in [0, 0.1) is 11.6 Å². The molecule has 2 N–H and O–H groups in total. The average molecular weight is 499 g/mol. The topological polar surface area (TPSA) is 108 Å². The van der Waals surface area contributed by atoms with E-state index in [1.165, 1.54) is 0 Å². The van der Waals surface area contributed by atoms with Crippen LogP contribution in [0.15, 0.2) is 77.4 Å². The van der Waals surface area contributed by atoms with Gasteiger partial charge in [0.05, 0.1) is 12.4 Å². The lowest BCUT2D eigenvalue weighted by molar-refractivity contribution is 0.279. The first kappa shape index (κ1) is 25.6. The van der Waals surface area contributed by atoms with E-state index in [4.69, 9.17) is 15.2 Å². The normalized spacial score (nSPS) is 10.3. The Kier molecular flexibility index (Phi) is 9.55. The number of hydrogen-bond acceptors (Lipinski definition) is 8. The Bertz CT molecular complexity index is 1260. The molecule has 0 spiro atoms. The van der Waals surface area contributed by atoms with Gasteiger partial charge in [0.2, 0.25) is 5.82 Å². The van der Waals surface area contributed by atoms with Gasteiger partial charge in [0.1, 0.15) is 13.2 Å². The molecule has 0 bridgehead atoms. The van der Waals surface area contributed by atoms with Crippen molar-refractivity contribution < 1.29 is 18.3 Å². The molecule has 8 nitrogen and oxygen atoms in total. The molecule has 0 radical (unpaired) electrons. The van der Waals surface area contributed by atoms with E-state index < -0.39 is 11.6 Å². The van der Waals surface area contributed by atoms with Gasteiger partial charge in [0.25, 0.3) is 0 Å². The Morgan fingerprint density at radius 2 is 1.26 bits per heavy atom. The van der Waals surface area contributed by atoms with Gasteiger partial charge in [-0.25, -0.2) is 23.1 Å². The van der Waals surface area contributed by atoms with Crippen LogP contribution in [0.1, 0.15) is 11.1 Å². The summed E-state index contributed by atoms with van der Waals surface area (Å²) in [7, 11) is -0.286. The van der Waals surface area contributed by atoms with Gasteiger partial charge in [-0.05, 0) is 23.6 Å². The molecule has 0 aliphatic heterocycles. The van der Waals surface area contributed by atoms with E-state index in [0.717, 1.165) is 23.5 Å². The van der Waals surface area contributed by atoms with Crippen molar-refractivity contribution in [1.82, 2.24) is 19.9 Å². The number of nitrogens with two attached hydrogens (primary N) is 1. The van der Waals surface area contributed by atoms with Gasteiger partial charge in [-0.15, -0.1) is 0 Å². The molecular weight excluding hydrogens is 474 g/mol. The lowest BCUT2D eigenvalue weighted by atomic mass is 10.2. The molecule has 4 rings (SSSR count). The number of benzene rings is 2. The van der Waals surface area contributed by atoms with Gasteiger partial charge in [-0.3, -0.25) is 0 Å². The summed E-state index contributed by atoms with van der Waals surface area (Å²) in [6.07, 6.45) is 5.83. The molecule has 0 saturated carbocycles. The van der Waals surface area contributed by atoms with E-state index in [-0.39, 0.29) is 34.3 Å². The van der Waals surface area contributed by atoms with Gasteiger partial charge in [-0.2, -0.15) is 9.97 Å². The highest BCUT2D eigenvalue weighted by atomic mass is 32.2. The quantitative estimate of drug-likeness (QED) is 0.395. The maximum Gasteiger partial charge on any atom is 0.318 e. The zero-order valence-corrected chi connectivity index (χ0v) is 20.0. The minimum Gasteiger partial charge on any atom is -0.459 e. The van der Waals surface area contributed by atoms with E-state index in [0.29, 0.717) is 13.2 Å². The van der Waals surface area contributed by atoms with Crippen molar-refractivity contribution in [2.45, 2.75) is 13.2 Å². The minimum atomic E-state index is -0.646. The van der Waals surface area contributed by atoms with Gasteiger partial charge in [-0.1, -0.05) is 71.4 Å². The van der Waals surface area contributed by atoms with Crippen molar-refractivity contribution in [1.29, 1.82) is 0 Å². The largest absolute Gasteiger partial charge is 0.459 e. The van der Waals surface area contributed by atoms with Crippen LogP contribution in [0.3, 0.4) is 0 Å². The van der Waals surface area contributed by atoms with Crippen molar-refractivity contribution in [3.63, 3.8) is 0 Å². The number of rotatable bonds is 7. The molecule has 0 amide bonds. The van der Waals surface area contributed by atoms with E-state index in [9.17, 15) is 8.78 Å². The predicted molar refractivity (Wildman–Crippen MR) is 131 cm³/mol. The summed E-state index contributed by atoms with van der Waals surface area (Å²) in [6, 6.07) is 19.4. The van der Waals surface area contributed by atoms with Crippen molar-refractivity contribution in [3.8, 4) is 12.0 Å². The van der Waals surface area contributed by atoms with Crippen LogP contribution in [-0.4, -0.2) is 32.4 Å². The van der Waals surface area contributed by atoms with Crippen LogP contribution in [0.25, 0.3) is 0 Å².